The summed E-state index contributed by atoms with van der Waals surface area (Å²) in [6.45, 7) is 8.95. The van der Waals surface area contributed by atoms with Gasteiger partial charge in [-0.25, -0.2) is 0 Å². The Morgan fingerprint density at radius 2 is 1.96 bits per heavy atom. The van der Waals surface area contributed by atoms with E-state index in [1.165, 1.54) is 6.07 Å². The molecule has 26 heavy (non-hydrogen) atoms. The monoisotopic (exact) mass is 358 g/mol. The quantitative estimate of drug-likeness (QED) is 0.875. The number of rotatable bonds is 3. The molecular formula is C19H26N4O3. The van der Waals surface area contributed by atoms with Crippen molar-refractivity contribution < 1.29 is 9.53 Å². The number of carbonyl (C=O) groups is 1. The predicted octanol–water partition coefficient (Wildman–Crippen LogP) is 1.13. The number of hydrogen-bond donors (Lipinski definition) is 1. The molecule has 0 spiro atoms. The van der Waals surface area contributed by atoms with Crippen LogP contribution in [-0.2, 0) is 4.74 Å². The molecule has 7 nitrogen and oxygen atoms in total. The number of nitrogens with one attached hydrogen (secondary N) is 1. The molecule has 2 saturated heterocycles. The third-order valence-electron chi connectivity index (χ3n) is 5.72. The third kappa shape index (κ3) is 3.81. The largest absolute Gasteiger partial charge is 0.379 e. The standard InChI is InChI=1S/C19H26N4O3/c1-13-17(11-16(12-20)18(24)21-13)19(25)23-5-3-15(4-6-23)14(2)22-7-9-26-10-8-22/h11,14-15H,3-10H2,1-2H3,(H,21,24)/t14-/m0/s1. The Kier molecular flexibility index (Phi) is 5.74. The van der Waals surface area contributed by atoms with Gasteiger partial charge in [-0.05, 0) is 38.7 Å². The van der Waals surface area contributed by atoms with Gasteiger partial charge in [-0.15, -0.1) is 0 Å². The number of aromatic nitrogens is 1. The Morgan fingerprint density at radius 3 is 2.58 bits per heavy atom. The van der Waals surface area contributed by atoms with Gasteiger partial charge in [0.15, 0.2) is 0 Å². The fourth-order valence-electron chi connectivity index (χ4n) is 3.97. The van der Waals surface area contributed by atoms with Crippen LogP contribution in [0.4, 0.5) is 0 Å². The van der Waals surface area contributed by atoms with Gasteiger partial charge in [0.05, 0.1) is 18.8 Å². The second-order valence-electron chi connectivity index (χ2n) is 7.18. The molecule has 1 N–H and O–H groups in total. The first-order valence-corrected chi connectivity index (χ1v) is 9.26. The van der Waals surface area contributed by atoms with Crippen molar-refractivity contribution >= 4 is 5.91 Å². The number of amides is 1. The molecule has 2 aliphatic heterocycles. The molecule has 0 radical (unpaired) electrons. The number of ether oxygens (including phenoxy) is 1. The predicted molar refractivity (Wildman–Crippen MR) is 97.0 cm³/mol. The summed E-state index contributed by atoms with van der Waals surface area (Å²) in [5.41, 5.74) is 0.470. The van der Waals surface area contributed by atoms with E-state index >= 15 is 0 Å². The topological polar surface area (TPSA) is 89.4 Å². The summed E-state index contributed by atoms with van der Waals surface area (Å²) in [5, 5.41) is 9.04. The Morgan fingerprint density at radius 1 is 1.31 bits per heavy atom. The Hall–Kier alpha value is -2.17. The van der Waals surface area contributed by atoms with Gasteiger partial charge in [0.2, 0.25) is 0 Å². The first-order chi connectivity index (χ1) is 12.5. The third-order valence-corrected chi connectivity index (χ3v) is 5.72. The number of carbonyl (C=O) groups excluding carboxylic acids is 1. The van der Waals surface area contributed by atoms with E-state index in [2.05, 4.69) is 16.8 Å². The second-order valence-corrected chi connectivity index (χ2v) is 7.18. The van der Waals surface area contributed by atoms with E-state index in [0.29, 0.717) is 36.3 Å². The molecule has 3 heterocycles. The molecule has 2 fully saturated rings. The van der Waals surface area contributed by atoms with Crippen molar-refractivity contribution in [1.82, 2.24) is 14.8 Å². The lowest BCUT2D eigenvalue weighted by atomic mass is 9.89. The number of nitriles is 1. The number of H-pyrrole nitrogens is 1. The lowest BCUT2D eigenvalue weighted by Gasteiger charge is -2.41. The maximum absolute atomic E-state index is 12.8. The maximum Gasteiger partial charge on any atom is 0.266 e. The van der Waals surface area contributed by atoms with Crippen LogP contribution in [-0.4, -0.2) is 66.1 Å². The molecular weight excluding hydrogens is 332 g/mol. The summed E-state index contributed by atoms with van der Waals surface area (Å²) in [5.74, 6) is 0.469. The second kappa shape index (κ2) is 8.02. The lowest BCUT2D eigenvalue weighted by molar-refractivity contribution is -0.000957. The van der Waals surface area contributed by atoms with Crippen LogP contribution in [0.2, 0.25) is 0 Å². The number of aryl methyl sites for hydroxylation is 1. The summed E-state index contributed by atoms with van der Waals surface area (Å²) in [6.07, 6.45) is 1.94. The van der Waals surface area contributed by atoms with Crippen LogP contribution in [0.15, 0.2) is 10.9 Å². The van der Waals surface area contributed by atoms with Crippen molar-refractivity contribution in [1.29, 1.82) is 5.26 Å². The zero-order valence-corrected chi connectivity index (χ0v) is 15.5. The van der Waals surface area contributed by atoms with Crippen LogP contribution in [0.1, 0.15) is 41.4 Å². The SMILES string of the molecule is Cc1[nH]c(=O)c(C#N)cc1C(=O)N1CCC([C@H](C)N2CCOCC2)CC1. The lowest BCUT2D eigenvalue weighted by Crippen LogP contribution is -2.49. The smallest absolute Gasteiger partial charge is 0.266 e. The van der Waals surface area contributed by atoms with Crippen LogP contribution in [0.3, 0.4) is 0 Å². The summed E-state index contributed by atoms with van der Waals surface area (Å²) >= 11 is 0. The average molecular weight is 358 g/mol. The van der Waals surface area contributed by atoms with Gasteiger partial charge in [-0.3, -0.25) is 14.5 Å². The van der Waals surface area contributed by atoms with E-state index in [9.17, 15) is 9.59 Å². The summed E-state index contributed by atoms with van der Waals surface area (Å²) < 4.78 is 5.43. The molecule has 1 atom stereocenters. The normalized spacial score (nSPS) is 20.6. The Bertz CT molecular complexity index is 753. The van der Waals surface area contributed by atoms with Crippen LogP contribution in [0.5, 0.6) is 0 Å². The molecule has 0 unspecified atom stereocenters. The van der Waals surface area contributed by atoms with Crippen molar-refractivity contribution in [3.63, 3.8) is 0 Å². The zero-order valence-electron chi connectivity index (χ0n) is 15.5. The van der Waals surface area contributed by atoms with Crippen molar-refractivity contribution in [2.75, 3.05) is 39.4 Å². The zero-order chi connectivity index (χ0) is 18.7. The minimum atomic E-state index is -0.445. The minimum absolute atomic E-state index is 0.0187. The molecule has 0 aromatic carbocycles. The number of nitrogens with zero attached hydrogens (tertiary/aromatic N) is 3. The minimum Gasteiger partial charge on any atom is -0.379 e. The van der Waals surface area contributed by atoms with E-state index in [0.717, 1.165) is 39.1 Å². The molecule has 1 aromatic rings. The molecule has 3 rings (SSSR count). The highest BCUT2D eigenvalue weighted by atomic mass is 16.5. The fraction of sp³-hybridized carbons (Fsp3) is 0.632. The summed E-state index contributed by atoms with van der Waals surface area (Å²) in [7, 11) is 0. The van der Waals surface area contributed by atoms with Crippen LogP contribution in [0, 0.1) is 24.2 Å². The first-order valence-electron chi connectivity index (χ1n) is 9.26. The Balaban J connectivity index is 1.64. The van der Waals surface area contributed by atoms with Gasteiger partial charge >= 0.3 is 0 Å². The molecule has 7 heteroatoms. The molecule has 2 aliphatic rings. The van der Waals surface area contributed by atoms with E-state index in [1.54, 1.807) is 6.92 Å². The number of hydrogen-bond acceptors (Lipinski definition) is 5. The number of piperidine rings is 1. The molecule has 0 saturated carbocycles. The highest BCUT2D eigenvalue weighted by Crippen LogP contribution is 2.25. The van der Waals surface area contributed by atoms with Gasteiger partial charge in [0, 0.05) is 37.9 Å². The van der Waals surface area contributed by atoms with Gasteiger partial charge < -0.3 is 14.6 Å². The molecule has 1 amide bonds. The number of pyridine rings is 1. The van der Waals surface area contributed by atoms with Crippen molar-refractivity contribution in [2.45, 2.75) is 32.7 Å². The van der Waals surface area contributed by atoms with Crippen LogP contribution in [0.25, 0.3) is 0 Å². The maximum atomic E-state index is 12.8. The fourth-order valence-corrected chi connectivity index (χ4v) is 3.97. The molecule has 140 valence electrons. The van der Waals surface area contributed by atoms with E-state index in [4.69, 9.17) is 10.00 Å². The summed E-state index contributed by atoms with van der Waals surface area (Å²) in [6, 6.07) is 3.76. The first kappa shape index (κ1) is 18.6. The van der Waals surface area contributed by atoms with Crippen molar-refractivity contribution in [3.05, 3.63) is 33.2 Å². The molecule has 0 bridgehead atoms. The van der Waals surface area contributed by atoms with Crippen molar-refractivity contribution in [2.24, 2.45) is 5.92 Å². The van der Waals surface area contributed by atoms with E-state index in [-0.39, 0.29) is 11.5 Å². The van der Waals surface area contributed by atoms with E-state index < -0.39 is 5.56 Å². The molecule has 1 aromatic heterocycles. The highest BCUT2D eigenvalue weighted by Gasteiger charge is 2.31. The summed E-state index contributed by atoms with van der Waals surface area (Å²) in [4.78, 5) is 31.4. The van der Waals surface area contributed by atoms with Gasteiger partial charge in [-0.1, -0.05) is 0 Å². The average Bonchev–Trinajstić information content (AvgIpc) is 2.68. The van der Waals surface area contributed by atoms with Gasteiger partial charge in [0.1, 0.15) is 11.6 Å². The van der Waals surface area contributed by atoms with E-state index in [1.807, 2.05) is 11.0 Å². The van der Waals surface area contributed by atoms with Crippen LogP contribution < -0.4 is 5.56 Å². The molecule has 0 aliphatic carbocycles. The van der Waals surface area contributed by atoms with Crippen LogP contribution >= 0.6 is 0 Å². The van der Waals surface area contributed by atoms with Gasteiger partial charge in [0.25, 0.3) is 11.5 Å². The number of morpholine rings is 1. The van der Waals surface area contributed by atoms with Gasteiger partial charge in [-0.2, -0.15) is 5.26 Å². The highest BCUT2D eigenvalue weighted by molar-refractivity contribution is 5.95. The number of likely N-dealkylation sites (tertiary alicyclic amines) is 1. The number of aromatic amines is 1. The van der Waals surface area contributed by atoms with Crippen molar-refractivity contribution in [3.8, 4) is 6.07 Å². The Labute approximate surface area is 153 Å².